The van der Waals surface area contributed by atoms with E-state index in [9.17, 15) is 15.0 Å². The van der Waals surface area contributed by atoms with E-state index < -0.39 is 0 Å². The molecule has 0 heterocycles. The third-order valence-electron chi connectivity index (χ3n) is 3.67. The lowest BCUT2D eigenvalue weighted by molar-refractivity contribution is 0.103. The fourth-order valence-corrected chi connectivity index (χ4v) is 2.55. The maximum Gasteiger partial charge on any atom is 0.193 e. The van der Waals surface area contributed by atoms with Crippen molar-refractivity contribution in [3.05, 3.63) is 83.0 Å². The van der Waals surface area contributed by atoms with Gasteiger partial charge in [0.1, 0.15) is 11.5 Å². The molecule has 0 aliphatic carbocycles. The minimum atomic E-state index is -0.152. The van der Waals surface area contributed by atoms with Crippen LogP contribution in [0.1, 0.15) is 40.9 Å². The van der Waals surface area contributed by atoms with Crippen LogP contribution in [0, 0.1) is 0 Å². The van der Waals surface area contributed by atoms with Crippen LogP contribution in [-0.4, -0.2) is 16.0 Å². The van der Waals surface area contributed by atoms with Crippen molar-refractivity contribution in [2.24, 2.45) is 0 Å². The van der Waals surface area contributed by atoms with Crippen LogP contribution in [0.3, 0.4) is 0 Å². The van der Waals surface area contributed by atoms with Crippen LogP contribution >= 0.6 is 0 Å². The molecule has 2 aromatic rings. The van der Waals surface area contributed by atoms with Crippen LogP contribution in [0.15, 0.2) is 60.7 Å². The minimum absolute atomic E-state index is 0.152. The maximum absolute atomic E-state index is 12.7. The first-order valence-electron chi connectivity index (χ1n) is 7.75. The Hall–Kier alpha value is -2.81. The number of carbonyl (C=O) groups is 1. The summed E-state index contributed by atoms with van der Waals surface area (Å²) in [7, 11) is 0. The van der Waals surface area contributed by atoms with Gasteiger partial charge in [-0.1, -0.05) is 24.3 Å². The lowest BCUT2D eigenvalue weighted by Gasteiger charge is -2.10. The van der Waals surface area contributed by atoms with E-state index in [1.807, 2.05) is 13.8 Å². The summed E-state index contributed by atoms with van der Waals surface area (Å²) in [5, 5.41) is 19.8. The van der Waals surface area contributed by atoms with Crippen LogP contribution in [0.5, 0.6) is 11.5 Å². The van der Waals surface area contributed by atoms with Gasteiger partial charge in [-0.05, 0) is 74.2 Å². The number of benzene rings is 2. The zero-order valence-electron chi connectivity index (χ0n) is 14.1. The molecule has 0 atom stereocenters. The Morgan fingerprint density at radius 1 is 0.833 bits per heavy atom. The number of allylic oxidation sites excluding steroid dienone is 2. The van der Waals surface area contributed by atoms with E-state index in [-0.39, 0.29) is 17.3 Å². The highest BCUT2D eigenvalue weighted by atomic mass is 16.3. The number of hydrogen-bond acceptors (Lipinski definition) is 3. The van der Waals surface area contributed by atoms with E-state index in [0.717, 1.165) is 11.1 Å². The molecular weight excluding hydrogens is 300 g/mol. The largest absolute Gasteiger partial charge is 0.508 e. The third kappa shape index (κ3) is 4.13. The topological polar surface area (TPSA) is 57.5 Å². The van der Waals surface area contributed by atoms with Gasteiger partial charge in [0.15, 0.2) is 5.78 Å². The monoisotopic (exact) mass is 322 g/mol. The molecule has 2 N–H and O–H groups in total. The Balaban J connectivity index is 2.38. The highest BCUT2D eigenvalue weighted by Gasteiger charge is 2.14. The van der Waals surface area contributed by atoms with Gasteiger partial charge in [0.25, 0.3) is 0 Å². The molecule has 0 amide bonds. The fourth-order valence-electron chi connectivity index (χ4n) is 2.55. The molecule has 0 fully saturated rings. The molecule has 24 heavy (non-hydrogen) atoms. The van der Waals surface area contributed by atoms with Crippen LogP contribution < -0.4 is 0 Å². The average Bonchev–Trinajstić information content (AvgIpc) is 2.50. The smallest absolute Gasteiger partial charge is 0.193 e. The van der Waals surface area contributed by atoms with E-state index in [1.54, 1.807) is 24.3 Å². The minimum Gasteiger partial charge on any atom is -0.508 e. The molecule has 3 heteroatoms. The highest BCUT2D eigenvalue weighted by Crippen LogP contribution is 2.25. The molecule has 0 aliphatic heterocycles. The van der Waals surface area contributed by atoms with Crippen molar-refractivity contribution in [3.63, 3.8) is 0 Å². The van der Waals surface area contributed by atoms with E-state index in [2.05, 4.69) is 13.2 Å². The number of phenols is 2. The van der Waals surface area contributed by atoms with E-state index >= 15 is 0 Å². The predicted molar refractivity (Wildman–Crippen MR) is 96.7 cm³/mol. The van der Waals surface area contributed by atoms with Crippen LogP contribution in [0.4, 0.5) is 0 Å². The van der Waals surface area contributed by atoms with Gasteiger partial charge in [-0.2, -0.15) is 0 Å². The standard InChI is InChI=1S/C21H22O3/c1-13(2)9-17-11-15(5-7-19(17)22)21(24)16-6-8-20(23)18(12-16)10-14(3)4/h5-8,11-12,22-23H,1,3,9-10H2,2,4H3. The Labute approximate surface area is 142 Å². The number of ketones is 1. The first kappa shape index (κ1) is 17.5. The second-order valence-corrected chi connectivity index (χ2v) is 6.28. The van der Waals surface area contributed by atoms with E-state index in [4.69, 9.17) is 0 Å². The summed E-state index contributed by atoms with van der Waals surface area (Å²) in [6.45, 7) is 11.4. The molecule has 0 bridgehead atoms. The van der Waals surface area contributed by atoms with Crippen molar-refractivity contribution >= 4 is 5.78 Å². The van der Waals surface area contributed by atoms with Crippen molar-refractivity contribution < 1.29 is 15.0 Å². The van der Waals surface area contributed by atoms with Gasteiger partial charge < -0.3 is 10.2 Å². The summed E-state index contributed by atoms with van der Waals surface area (Å²) in [4.78, 5) is 12.7. The molecule has 2 aromatic carbocycles. The molecule has 0 saturated carbocycles. The van der Waals surface area contributed by atoms with Crippen LogP contribution in [0.25, 0.3) is 0 Å². The molecule has 0 aliphatic rings. The lowest BCUT2D eigenvalue weighted by Crippen LogP contribution is -2.03. The van der Waals surface area contributed by atoms with Gasteiger partial charge in [0.2, 0.25) is 0 Å². The van der Waals surface area contributed by atoms with Gasteiger partial charge in [-0.3, -0.25) is 4.79 Å². The van der Waals surface area contributed by atoms with Crippen molar-refractivity contribution in [1.29, 1.82) is 0 Å². The summed E-state index contributed by atoms with van der Waals surface area (Å²) >= 11 is 0. The first-order chi connectivity index (χ1) is 11.3. The lowest BCUT2D eigenvalue weighted by atomic mass is 9.96. The SMILES string of the molecule is C=C(C)Cc1cc(C(=O)c2ccc(O)c(CC(=C)C)c2)ccc1O. The van der Waals surface area contributed by atoms with Gasteiger partial charge in [0.05, 0.1) is 0 Å². The number of phenolic OH excluding ortho intramolecular Hbond substituents is 2. The molecule has 0 radical (unpaired) electrons. The quantitative estimate of drug-likeness (QED) is 0.605. The predicted octanol–water partition coefficient (Wildman–Crippen LogP) is 4.57. The Kier molecular flexibility index (Phi) is 5.24. The van der Waals surface area contributed by atoms with Crippen LogP contribution in [-0.2, 0) is 12.8 Å². The first-order valence-corrected chi connectivity index (χ1v) is 7.75. The second-order valence-electron chi connectivity index (χ2n) is 6.28. The summed E-state index contributed by atoms with van der Waals surface area (Å²) in [5.41, 5.74) is 4.15. The van der Waals surface area contributed by atoms with E-state index in [1.165, 1.54) is 12.1 Å². The van der Waals surface area contributed by atoms with E-state index in [0.29, 0.717) is 35.1 Å². The van der Waals surface area contributed by atoms with Gasteiger partial charge in [-0.15, -0.1) is 0 Å². The van der Waals surface area contributed by atoms with Gasteiger partial charge in [-0.25, -0.2) is 0 Å². The molecule has 0 spiro atoms. The summed E-state index contributed by atoms with van der Waals surface area (Å²) < 4.78 is 0. The summed E-state index contributed by atoms with van der Waals surface area (Å²) in [5.74, 6) is 0.160. The van der Waals surface area contributed by atoms with Crippen molar-refractivity contribution in [1.82, 2.24) is 0 Å². The fraction of sp³-hybridized carbons (Fsp3) is 0.190. The second kappa shape index (κ2) is 7.18. The zero-order valence-corrected chi connectivity index (χ0v) is 14.1. The molecule has 0 saturated heterocycles. The van der Waals surface area contributed by atoms with Crippen molar-refractivity contribution in [3.8, 4) is 11.5 Å². The molecule has 3 nitrogen and oxygen atoms in total. The zero-order chi connectivity index (χ0) is 17.9. The summed E-state index contributed by atoms with van der Waals surface area (Å²) in [6, 6.07) is 9.65. The normalized spacial score (nSPS) is 10.4. The highest BCUT2D eigenvalue weighted by molar-refractivity contribution is 6.09. The number of rotatable bonds is 6. The van der Waals surface area contributed by atoms with Gasteiger partial charge in [0, 0.05) is 11.1 Å². The Bertz CT molecular complexity index is 748. The van der Waals surface area contributed by atoms with Crippen LogP contribution in [0.2, 0.25) is 0 Å². The molecule has 0 unspecified atom stereocenters. The van der Waals surface area contributed by atoms with Crippen molar-refractivity contribution in [2.45, 2.75) is 26.7 Å². The summed E-state index contributed by atoms with van der Waals surface area (Å²) in [6.07, 6.45) is 1.03. The maximum atomic E-state index is 12.7. The number of carbonyl (C=O) groups excluding carboxylic acids is 1. The van der Waals surface area contributed by atoms with Gasteiger partial charge >= 0.3 is 0 Å². The molecule has 0 aromatic heterocycles. The average molecular weight is 322 g/mol. The molecule has 124 valence electrons. The molecule has 2 rings (SSSR count). The number of aromatic hydroxyl groups is 2. The Morgan fingerprint density at radius 3 is 1.54 bits per heavy atom. The van der Waals surface area contributed by atoms with Crippen molar-refractivity contribution in [2.75, 3.05) is 0 Å². The third-order valence-corrected chi connectivity index (χ3v) is 3.67. The number of hydrogen-bond donors (Lipinski definition) is 2. The Morgan fingerprint density at radius 2 is 1.21 bits per heavy atom. The molecular formula is C21H22O3.